The number of nitrogens with zero attached hydrogens (tertiary/aromatic N) is 1. The first-order valence-electron chi connectivity index (χ1n) is 9.95. The van der Waals surface area contributed by atoms with Crippen molar-refractivity contribution in [2.75, 3.05) is 19.7 Å². The van der Waals surface area contributed by atoms with Gasteiger partial charge in [-0.3, -0.25) is 4.90 Å². The number of piperidine rings is 1. The summed E-state index contributed by atoms with van der Waals surface area (Å²) in [6.07, 6.45) is 2.30. The number of rotatable bonds is 6. The molecule has 0 spiro atoms. The van der Waals surface area contributed by atoms with Gasteiger partial charge in [-0.15, -0.1) is 0 Å². The molecule has 0 saturated carbocycles. The molecular weight excluding hydrogens is 447 g/mol. The highest BCUT2D eigenvalue weighted by atomic mass is 79.9. The van der Waals surface area contributed by atoms with Crippen molar-refractivity contribution < 1.29 is 17.6 Å². The smallest absolute Gasteiger partial charge is 0.297 e. The second kappa shape index (κ2) is 8.78. The molecule has 1 aliphatic heterocycles. The van der Waals surface area contributed by atoms with E-state index in [1.807, 2.05) is 33.9 Å². The molecule has 1 aromatic carbocycles. The highest BCUT2D eigenvalue weighted by Gasteiger charge is 2.43. The zero-order chi connectivity index (χ0) is 21.3. The molecular formula is C21H33BrF3NOSi. The van der Waals surface area contributed by atoms with Gasteiger partial charge in [0.2, 0.25) is 0 Å². The summed E-state index contributed by atoms with van der Waals surface area (Å²) >= 11 is 3.13. The zero-order valence-electron chi connectivity index (χ0n) is 17.8. The quantitative estimate of drug-likeness (QED) is 0.409. The van der Waals surface area contributed by atoms with E-state index >= 15 is 0 Å². The van der Waals surface area contributed by atoms with Crippen molar-refractivity contribution in [3.8, 4) is 0 Å². The second-order valence-electron chi connectivity index (χ2n) is 9.68. The van der Waals surface area contributed by atoms with Crippen LogP contribution in [0.2, 0.25) is 18.1 Å². The van der Waals surface area contributed by atoms with Crippen LogP contribution < -0.4 is 0 Å². The Hall–Kier alpha value is -0.373. The Bertz CT molecular complexity index is 691. The number of likely N-dealkylation sites (tertiary alicyclic amines) is 1. The van der Waals surface area contributed by atoms with Crippen molar-refractivity contribution in [1.29, 1.82) is 0 Å². The average molecular weight is 480 g/mol. The van der Waals surface area contributed by atoms with Crippen molar-refractivity contribution in [3.63, 3.8) is 0 Å². The molecule has 0 N–H and O–H groups in total. The maximum Gasteiger partial charge on any atom is 0.297 e. The summed E-state index contributed by atoms with van der Waals surface area (Å²) in [5.41, 5.74) is 0.116. The fraction of sp³-hybridized carbons (Fsp3) is 0.714. The molecule has 0 bridgehead atoms. The topological polar surface area (TPSA) is 12.5 Å². The fourth-order valence-electron chi connectivity index (χ4n) is 3.26. The summed E-state index contributed by atoms with van der Waals surface area (Å²) in [5.74, 6) is -3.69. The van der Waals surface area contributed by atoms with Crippen LogP contribution in [0.25, 0.3) is 0 Å². The lowest BCUT2D eigenvalue weighted by atomic mass is 9.99. The van der Waals surface area contributed by atoms with E-state index in [0.29, 0.717) is 18.0 Å². The van der Waals surface area contributed by atoms with Gasteiger partial charge in [0, 0.05) is 13.1 Å². The van der Waals surface area contributed by atoms with Gasteiger partial charge in [-0.25, -0.2) is 4.39 Å². The van der Waals surface area contributed by atoms with E-state index in [1.165, 1.54) is 12.5 Å². The molecule has 7 heteroatoms. The molecule has 0 radical (unpaired) electrons. The first-order chi connectivity index (χ1) is 12.7. The average Bonchev–Trinajstić information content (AvgIpc) is 2.55. The van der Waals surface area contributed by atoms with E-state index < -0.39 is 32.2 Å². The Labute approximate surface area is 177 Å². The van der Waals surface area contributed by atoms with Gasteiger partial charge in [0.15, 0.2) is 8.32 Å². The third-order valence-corrected chi connectivity index (χ3v) is 11.1. The second-order valence-corrected chi connectivity index (χ2v) is 15.3. The summed E-state index contributed by atoms with van der Waals surface area (Å²) in [5, 5.41) is -0.186. The molecule has 1 saturated heterocycles. The third-order valence-electron chi connectivity index (χ3n) is 6.05. The lowest BCUT2D eigenvalue weighted by Crippen LogP contribution is -2.43. The largest absolute Gasteiger partial charge is 0.410 e. The van der Waals surface area contributed by atoms with E-state index in [0.717, 1.165) is 19.5 Å². The van der Waals surface area contributed by atoms with Gasteiger partial charge in [-0.2, -0.15) is 8.78 Å². The Morgan fingerprint density at radius 2 is 1.89 bits per heavy atom. The first-order valence-corrected chi connectivity index (χ1v) is 13.7. The number of hydrogen-bond donors (Lipinski definition) is 0. The van der Waals surface area contributed by atoms with Crippen LogP contribution in [0, 0.1) is 11.7 Å². The predicted molar refractivity (Wildman–Crippen MR) is 115 cm³/mol. The van der Waals surface area contributed by atoms with Gasteiger partial charge in [0.1, 0.15) is 12.4 Å². The van der Waals surface area contributed by atoms with Crippen LogP contribution in [0.5, 0.6) is 0 Å². The minimum Gasteiger partial charge on any atom is -0.410 e. The van der Waals surface area contributed by atoms with Gasteiger partial charge in [0.05, 0.1) is 10.0 Å². The Balaban J connectivity index is 2.22. The maximum atomic E-state index is 15.0. The van der Waals surface area contributed by atoms with Crippen molar-refractivity contribution >= 4 is 24.2 Å². The minimum absolute atomic E-state index is 0.0806. The van der Waals surface area contributed by atoms with Crippen LogP contribution in [-0.2, 0) is 16.9 Å². The molecule has 2 rings (SSSR count). The van der Waals surface area contributed by atoms with Crippen molar-refractivity contribution in [3.05, 3.63) is 33.5 Å². The van der Waals surface area contributed by atoms with E-state index in [4.69, 9.17) is 4.43 Å². The molecule has 1 heterocycles. The molecule has 2 nitrogen and oxygen atoms in total. The van der Waals surface area contributed by atoms with Crippen LogP contribution in [0.15, 0.2) is 16.6 Å². The number of benzene rings is 1. The molecule has 0 aliphatic carbocycles. The van der Waals surface area contributed by atoms with Crippen LogP contribution in [-0.4, -0.2) is 32.9 Å². The summed E-state index contributed by atoms with van der Waals surface area (Å²) < 4.78 is 50.3. The molecule has 1 fully saturated rings. The van der Waals surface area contributed by atoms with E-state index in [2.05, 4.69) is 27.8 Å². The molecule has 0 aromatic heterocycles. The van der Waals surface area contributed by atoms with Crippen molar-refractivity contribution in [1.82, 2.24) is 4.90 Å². The third kappa shape index (κ3) is 5.83. The summed E-state index contributed by atoms with van der Waals surface area (Å²) in [6.45, 7) is 13.7. The lowest BCUT2D eigenvalue weighted by Gasteiger charge is -2.37. The highest BCUT2D eigenvalue weighted by Crippen LogP contribution is 2.40. The normalized spacial score (nSPS) is 19.9. The van der Waals surface area contributed by atoms with E-state index in [1.54, 1.807) is 6.07 Å². The Morgan fingerprint density at radius 1 is 1.25 bits per heavy atom. The number of halogens is 4. The number of hydrogen-bond acceptors (Lipinski definition) is 2. The number of alkyl halides is 2. The predicted octanol–water partition coefficient (Wildman–Crippen LogP) is 6.93. The molecule has 28 heavy (non-hydrogen) atoms. The minimum atomic E-state index is -3.38. The Morgan fingerprint density at radius 3 is 2.46 bits per heavy atom. The molecule has 1 aromatic rings. The molecule has 0 amide bonds. The Kier molecular flexibility index (Phi) is 7.50. The summed E-state index contributed by atoms with van der Waals surface area (Å²) in [7, 11) is -2.36. The van der Waals surface area contributed by atoms with Gasteiger partial charge in [0.25, 0.3) is 5.92 Å². The zero-order valence-corrected chi connectivity index (χ0v) is 20.4. The maximum absolute atomic E-state index is 15.0. The molecule has 0 unspecified atom stereocenters. The van der Waals surface area contributed by atoms with Crippen LogP contribution in [0.3, 0.4) is 0 Å². The van der Waals surface area contributed by atoms with Gasteiger partial charge in [-0.1, -0.05) is 27.7 Å². The molecule has 1 aliphatic rings. The summed E-state index contributed by atoms with van der Waals surface area (Å²) in [6, 6.07) is 2.93. The fourth-order valence-corrected chi connectivity index (χ4v) is 4.74. The lowest BCUT2D eigenvalue weighted by molar-refractivity contribution is -0.0537. The highest BCUT2D eigenvalue weighted by molar-refractivity contribution is 9.10. The summed E-state index contributed by atoms with van der Waals surface area (Å²) in [4.78, 5) is 2.25. The van der Waals surface area contributed by atoms with Gasteiger partial charge in [-0.05, 0) is 77.1 Å². The van der Waals surface area contributed by atoms with Crippen molar-refractivity contribution in [2.24, 2.45) is 5.92 Å². The van der Waals surface area contributed by atoms with Crippen LogP contribution in [0.1, 0.15) is 51.7 Å². The van der Waals surface area contributed by atoms with E-state index in [-0.39, 0.29) is 9.51 Å². The molecule has 160 valence electrons. The van der Waals surface area contributed by atoms with Gasteiger partial charge < -0.3 is 4.43 Å². The van der Waals surface area contributed by atoms with Crippen LogP contribution in [0.4, 0.5) is 13.2 Å². The monoisotopic (exact) mass is 479 g/mol. The SMILES string of the molecule is C[C@H]1CCCN(Cc2cc(Br)c(F)c(C(F)(F)CO[Si](C)(C)C(C)(C)C)c2)C1. The van der Waals surface area contributed by atoms with Crippen LogP contribution >= 0.6 is 15.9 Å². The van der Waals surface area contributed by atoms with E-state index in [9.17, 15) is 13.2 Å². The van der Waals surface area contributed by atoms with Crippen molar-refractivity contribution in [2.45, 2.75) is 71.1 Å². The van der Waals surface area contributed by atoms with Gasteiger partial charge >= 0.3 is 0 Å². The first kappa shape index (κ1) is 23.9. The standard InChI is InChI=1S/C21H33BrF3NOSi/c1-15-8-7-9-26(12-15)13-16-10-17(19(23)18(22)11-16)21(24,25)14-27-28(5,6)20(2,3)4/h10-11,15H,7-9,12-14H2,1-6H3/t15-/m0/s1. The molecule has 1 atom stereocenters.